The Morgan fingerprint density at radius 3 is 2.92 bits per heavy atom. The molecule has 5 nitrogen and oxygen atoms in total. The molecule has 0 saturated carbocycles. The third-order valence-corrected chi connectivity index (χ3v) is 5.08. The highest BCUT2D eigenvalue weighted by Crippen LogP contribution is 2.36. The van der Waals surface area contributed by atoms with Crippen LogP contribution < -0.4 is 5.32 Å². The number of fused-ring (bicyclic) bond motifs is 1. The number of carbonyl (C=O) groups is 2. The molecule has 0 spiro atoms. The molecule has 0 radical (unpaired) electrons. The summed E-state index contributed by atoms with van der Waals surface area (Å²) in [4.78, 5) is 24.4. The summed E-state index contributed by atoms with van der Waals surface area (Å²) < 4.78 is 24.1. The number of ether oxygens (including phenoxy) is 1. The zero-order valence-corrected chi connectivity index (χ0v) is 14.6. The van der Waals surface area contributed by atoms with Crippen LogP contribution in [0.5, 0.6) is 0 Å². The molecule has 3 rings (SSSR count). The van der Waals surface area contributed by atoms with Crippen LogP contribution in [0, 0.1) is 5.82 Å². The normalized spacial score (nSPS) is 12.1. The molecule has 0 bridgehead atoms. The highest BCUT2D eigenvalue weighted by molar-refractivity contribution is 7.21. The first-order valence-electron chi connectivity index (χ1n) is 7.34. The molecule has 1 amide bonds. The Morgan fingerprint density at radius 1 is 1.40 bits per heavy atom. The molecular weight excluding hydrogens is 369 g/mol. The van der Waals surface area contributed by atoms with Crippen molar-refractivity contribution >= 4 is 44.9 Å². The van der Waals surface area contributed by atoms with Crippen molar-refractivity contribution in [3.05, 3.63) is 58.1 Å². The molecule has 1 atom stereocenters. The fourth-order valence-corrected chi connectivity index (χ4v) is 3.59. The summed E-state index contributed by atoms with van der Waals surface area (Å²) >= 11 is 7.19. The summed E-state index contributed by atoms with van der Waals surface area (Å²) in [6.45, 7) is 1.65. The molecule has 3 aromatic rings. The Hall–Kier alpha value is -2.38. The Morgan fingerprint density at radius 2 is 2.20 bits per heavy atom. The van der Waals surface area contributed by atoms with Gasteiger partial charge in [-0.25, -0.2) is 9.18 Å². The van der Waals surface area contributed by atoms with Gasteiger partial charge in [0.1, 0.15) is 16.5 Å². The lowest BCUT2D eigenvalue weighted by atomic mass is 10.2. The molecule has 2 aromatic heterocycles. The van der Waals surface area contributed by atoms with Crippen molar-refractivity contribution < 1.29 is 23.1 Å². The molecule has 0 saturated heterocycles. The van der Waals surface area contributed by atoms with Gasteiger partial charge in [-0.15, -0.1) is 11.3 Å². The summed E-state index contributed by atoms with van der Waals surface area (Å²) in [5.74, 6) is -1.03. The average Bonchev–Trinajstić information content (AvgIpc) is 3.20. The zero-order valence-electron chi connectivity index (χ0n) is 13.0. The molecule has 130 valence electrons. The number of esters is 1. The standard InChI is InChI=1S/C17H13ClFNO4S/c1-9(16(21)20-8-11-3-2-6-23-11)24-17(22)15-14(18)12-5-4-10(19)7-13(12)25-15/h2-7,9H,8H2,1H3,(H,20,21). The third kappa shape index (κ3) is 3.83. The number of furan rings is 1. The van der Waals surface area contributed by atoms with Crippen LogP contribution in [0.3, 0.4) is 0 Å². The molecule has 2 heterocycles. The second kappa shape index (κ2) is 7.25. The maximum Gasteiger partial charge on any atom is 0.350 e. The van der Waals surface area contributed by atoms with Gasteiger partial charge in [0.05, 0.1) is 17.8 Å². The summed E-state index contributed by atoms with van der Waals surface area (Å²) in [6.07, 6.45) is 0.484. The lowest BCUT2D eigenvalue weighted by molar-refractivity contribution is -0.129. The van der Waals surface area contributed by atoms with Gasteiger partial charge in [-0.1, -0.05) is 11.6 Å². The van der Waals surface area contributed by atoms with E-state index in [1.165, 1.54) is 31.4 Å². The SMILES string of the molecule is CC(OC(=O)c1sc2cc(F)ccc2c1Cl)C(=O)NCc1ccco1. The molecule has 1 N–H and O–H groups in total. The number of carbonyl (C=O) groups excluding carboxylic acids is 2. The number of amides is 1. The van der Waals surface area contributed by atoms with Gasteiger partial charge in [-0.05, 0) is 37.3 Å². The Balaban J connectivity index is 1.67. The molecule has 1 unspecified atom stereocenters. The van der Waals surface area contributed by atoms with Gasteiger partial charge in [-0.2, -0.15) is 0 Å². The van der Waals surface area contributed by atoms with E-state index in [9.17, 15) is 14.0 Å². The van der Waals surface area contributed by atoms with Crippen molar-refractivity contribution in [2.24, 2.45) is 0 Å². The second-order valence-electron chi connectivity index (χ2n) is 5.23. The number of nitrogens with one attached hydrogen (secondary N) is 1. The molecule has 0 aliphatic heterocycles. The fourth-order valence-electron chi connectivity index (χ4n) is 2.17. The number of thiophene rings is 1. The fraction of sp³-hybridized carbons (Fsp3) is 0.176. The van der Waals surface area contributed by atoms with Crippen LogP contribution in [0.15, 0.2) is 41.0 Å². The molecule has 25 heavy (non-hydrogen) atoms. The van der Waals surface area contributed by atoms with Crippen molar-refractivity contribution in [1.29, 1.82) is 0 Å². The van der Waals surface area contributed by atoms with Crippen molar-refractivity contribution in [1.82, 2.24) is 5.32 Å². The van der Waals surface area contributed by atoms with Crippen LogP contribution in [-0.2, 0) is 16.1 Å². The first-order valence-corrected chi connectivity index (χ1v) is 8.54. The maximum atomic E-state index is 13.3. The first kappa shape index (κ1) is 17.4. The van der Waals surface area contributed by atoms with Gasteiger partial charge in [0.2, 0.25) is 0 Å². The van der Waals surface area contributed by atoms with E-state index in [1.54, 1.807) is 12.1 Å². The highest BCUT2D eigenvalue weighted by atomic mass is 35.5. The van der Waals surface area contributed by atoms with E-state index >= 15 is 0 Å². The minimum atomic E-state index is -1.01. The minimum absolute atomic E-state index is 0.132. The van der Waals surface area contributed by atoms with Crippen molar-refractivity contribution in [3.8, 4) is 0 Å². The maximum absolute atomic E-state index is 13.3. The highest BCUT2D eigenvalue weighted by Gasteiger charge is 2.23. The van der Waals surface area contributed by atoms with Gasteiger partial charge in [0, 0.05) is 10.1 Å². The first-order chi connectivity index (χ1) is 12.0. The van der Waals surface area contributed by atoms with Crippen LogP contribution >= 0.6 is 22.9 Å². The van der Waals surface area contributed by atoms with E-state index in [1.807, 2.05) is 0 Å². The van der Waals surface area contributed by atoms with Gasteiger partial charge >= 0.3 is 5.97 Å². The summed E-state index contributed by atoms with van der Waals surface area (Å²) in [7, 11) is 0. The zero-order chi connectivity index (χ0) is 18.0. The van der Waals surface area contributed by atoms with Gasteiger partial charge < -0.3 is 14.5 Å². The van der Waals surface area contributed by atoms with Gasteiger partial charge in [0.15, 0.2) is 6.10 Å². The largest absolute Gasteiger partial charge is 0.467 e. The number of benzene rings is 1. The van der Waals surface area contributed by atoms with Crippen molar-refractivity contribution in [2.75, 3.05) is 0 Å². The minimum Gasteiger partial charge on any atom is -0.467 e. The van der Waals surface area contributed by atoms with Crippen LogP contribution in [0.1, 0.15) is 22.4 Å². The smallest absolute Gasteiger partial charge is 0.350 e. The van der Waals surface area contributed by atoms with E-state index in [0.717, 1.165) is 11.3 Å². The average molecular weight is 382 g/mol. The number of hydrogen-bond acceptors (Lipinski definition) is 5. The number of halogens is 2. The van der Waals surface area contributed by atoms with Crippen LogP contribution in [0.2, 0.25) is 5.02 Å². The van der Waals surface area contributed by atoms with Crippen LogP contribution in [0.4, 0.5) is 4.39 Å². The lowest BCUT2D eigenvalue weighted by Gasteiger charge is -2.12. The van der Waals surface area contributed by atoms with E-state index in [4.69, 9.17) is 20.8 Å². The lowest BCUT2D eigenvalue weighted by Crippen LogP contribution is -2.35. The Bertz CT molecular complexity index is 922. The van der Waals surface area contributed by atoms with Crippen molar-refractivity contribution in [3.63, 3.8) is 0 Å². The summed E-state index contributed by atoms with van der Waals surface area (Å²) in [5, 5.41) is 3.35. The Kier molecular flexibility index (Phi) is 5.06. The Labute approximate surface area is 151 Å². The predicted octanol–water partition coefficient (Wildman–Crippen LogP) is 4.15. The molecular formula is C17H13ClFNO4S. The predicted molar refractivity (Wildman–Crippen MR) is 92.2 cm³/mol. The number of rotatable bonds is 5. The summed E-state index contributed by atoms with van der Waals surface area (Å²) in [5.41, 5.74) is 0. The van der Waals surface area contributed by atoms with Crippen LogP contribution in [-0.4, -0.2) is 18.0 Å². The molecule has 8 heteroatoms. The molecule has 0 aliphatic carbocycles. The monoisotopic (exact) mass is 381 g/mol. The van der Waals surface area contributed by atoms with E-state index < -0.39 is 23.8 Å². The van der Waals surface area contributed by atoms with Crippen molar-refractivity contribution in [2.45, 2.75) is 19.6 Å². The van der Waals surface area contributed by atoms with E-state index in [2.05, 4.69) is 5.32 Å². The van der Waals surface area contributed by atoms with Gasteiger partial charge in [0.25, 0.3) is 5.91 Å². The third-order valence-electron chi connectivity index (χ3n) is 3.45. The van der Waals surface area contributed by atoms with E-state index in [0.29, 0.717) is 15.8 Å². The topological polar surface area (TPSA) is 68.5 Å². The van der Waals surface area contributed by atoms with Crippen LogP contribution in [0.25, 0.3) is 10.1 Å². The quantitative estimate of drug-likeness (QED) is 0.674. The molecule has 1 aromatic carbocycles. The molecule has 0 fully saturated rings. The number of hydrogen-bond donors (Lipinski definition) is 1. The molecule has 0 aliphatic rings. The van der Waals surface area contributed by atoms with Gasteiger partial charge in [-0.3, -0.25) is 4.79 Å². The second-order valence-corrected chi connectivity index (χ2v) is 6.66. The van der Waals surface area contributed by atoms with E-state index in [-0.39, 0.29) is 16.4 Å². The summed E-state index contributed by atoms with van der Waals surface area (Å²) in [6, 6.07) is 7.48.